The van der Waals surface area contributed by atoms with Crippen LogP contribution in [0.1, 0.15) is 20.7 Å². The van der Waals surface area contributed by atoms with Gasteiger partial charge in [-0.05, 0) is 36.4 Å². The average Bonchev–Trinajstić information content (AvgIpc) is 2.51. The zero-order chi connectivity index (χ0) is 15.2. The molecule has 4 nitrogen and oxygen atoms in total. The minimum atomic E-state index is -0.163. The van der Waals surface area contributed by atoms with Crippen LogP contribution in [0.25, 0.3) is 0 Å². The molecule has 0 spiro atoms. The third kappa shape index (κ3) is 4.00. The SMILES string of the molecule is O=Cc1ccc(Cl)c(OBOc2cc(C=O)ccc2Cl)c1. The first-order chi connectivity index (χ1) is 10.1. The number of hydrogen-bond acceptors (Lipinski definition) is 4. The van der Waals surface area contributed by atoms with E-state index >= 15 is 0 Å². The van der Waals surface area contributed by atoms with Crippen LogP contribution in [0.4, 0.5) is 0 Å². The van der Waals surface area contributed by atoms with E-state index in [1.165, 1.54) is 12.1 Å². The number of hydrogen-bond donors (Lipinski definition) is 0. The molecule has 106 valence electrons. The van der Waals surface area contributed by atoms with Crippen LogP contribution >= 0.6 is 23.2 Å². The first kappa shape index (κ1) is 15.4. The number of aldehydes is 2. The molecule has 0 atom stereocenters. The topological polar surface area (TPSA) is 52.6 Å². The summed E-state index contributed by atoms with van der Waals surface area (Å²) in [5.41, 5.74) is 0.880. The summed E-state index contributed by atoms with van der Waals surface area (Å²) in [6.07, 6.45) is 1.38. The Morgan fingerprint density at radius 2 is 1.24 bits per heavy atom. The van der Waals surface area contributed by atoms with Crippen LogP contribution in [-0.4, -0.2) is 20.3 Å². The zero-order valence-electron chi connectivity index (χ0n) is 10.7. The Kier molecular flexibility index (Phi) is 5.25. The van der Waals surface area contributed by atoms with Gasteiger partial charge in [0.2, 0.25) is 0 Å². The lowest BCUT2D eigenvalue weighted by molar-refractivity contribution is 0.111. The van der Waals surface area contributed by atoms with E-state index < -0.39 is 0 Å². The summed E-state index contributed by atoms with van der Waals surface area (Å²) in [5.74, 6) is 0.646. The predicted molar refractivity (Wildman–Crippen MR) is 82.1 cm³/mol. The molecule has 0 aromatic heterocycles. The second-order valence-electron chi connectivity index (χ2n) is 4.02. The third-order valence-corrected chi connectivity index (χ3v) is 3.24. The van der Waals surface area contributed by atoms with Crippen molar-refractivity contribution < 1.29 is 18.9 Å². The van der Waals surface area contributed by atoms with Crippen LogP contribution in [0.2, 0.25) is 10.0 Å². The lowest BCUT2D eigenvalue weighted by Crippen LogP contribution is -2.11. The van der Waals surface area contributed by atoms with Gasteiger partial charge in [0.15, 0.2) is 0 Å². The van der Waals surface area contributed by atoms with Gasteiger partial charge in [0.25, 0.3) is 0 Å². The minimum Gasteiger partial charge on any atom is -0.527 e. The molecule has 0 unspecified atom stereocenters. The predicted octanol–water partition coefficient (Wildman–Crippen LogP) is 3.34. The maximum Gasteiger partial charge on any atom is 0.576 e. The fraction of sp³-hybridized carbons (Fsp3) is 0. The van der Waals surface area contributed by atoms with Crippen molar-refractivity contribution >= 4 is 43.5 Å². The van der Waals surface area contributed by atoms with E-state index in [0.717, 1.165) is 0 Å². The fourth-order valence-electron chi connectivity index (χ4n) is 1.56. The summed E-state index contributed by atoms with van der Waals surface area (Å²) < 4.78 is 10.7. The lowest BCUT2D eigenvalue weighted by Gasteiger charge is -2.10. The largest absolute Gasteiger partial charge is 0.576 e. The number of carbonyl (C=O) groups excluding carboxylic acids is 2. The van der Waals surface area contributed by atoms with Gasteiger partial charge in [-0.2, -0.15) is 0 Å². The van der Waals surface area contributed by atoms with Crippen molar-refractivity contribution in [2.45, 2.75) is 0 Å². The van der Waals surface area contributed by atoms with E-state index in [-0.39, 0.29) is 7.69 Å². The van der Waals surface area contributed by atoms with Crippen molar-refractivity contribution in [2.75, 3.05) is 0 Å². The Labute approximate surface area is 131 Å². The minimum absolute atomic E-state index is 0.163. The van der Waals surface area contributed by atoms with Gasteiger partial charge in [-0.1, -0.05) is 23.2 Å². The Balaban J connectivity index is 2.04. The summed E-state index contributed by atoms with van der Waals surface area (Å²) in [4.78, 5) is 21.4. The van der Waals surface area contributed by atoms with Gasteiger partial charge < -0.3 is 9.31 Å². The number of rotatable bonds is 6. The molecule has 0 fully saturated rings. The summed E-state index contributed by atoms with van der Waals surface area (Å²) >= 11 is 11.9. The highest BCUT2D eigenvalue weighted by molar-refractivity contribution is 6.34. The van der Waals surface area contributed by atoms with Crippen molar-refractivity contribution in [2.24, 2.45) is 0 Å². The van der Waals surface area contributed by atoms with Gasteiger partial charge in [0, 0.05) is 11.1 Å². The Morgan fingerprint density at radius 3 is 1.62 bits per heavy atom. The molecule has 0 saturated carbocycles. The van der Waals surface area contributed by atoms with Crippen LogP contribution in [0.5, 0.6) is 11.5 Å². The van der Waals surface area contributed by atoms with E-state index in [1.54, 1.807) is 24.3 Å². The van der Waals surface area contributed by atoms with Crippen molar-refractivity contribution in [1.82, 2.24) is 0 Å². The Morgan fingerprint density at radius 1 is 0.810 bits per heavy atom. The van der Waals surface area contributed by atoms with Gasteiger partial charge in [0.05, 0.1) is 10.0 Å². The van der Waals surface area contributed by atoms with Gasteiger partial charge in [-0.15, -0.1) is 0 Å². The third-order valence-electron chi connectivity index (χ3n) is 2.61. The van der Waals surface area contributed by atoms with E-state index in [1.807, 2.05) is 0 Å². The highest BCUT2D eigenvalue weighted by Crippen LogP contribution is 2.27. The van der Waals surface area contributed by atoms with Crippen LogP contribution in [0.3, 0.4) is 0 Å². The van der Waals surface area contributed by atoms with Gasteiger partial charge in [0.1, 0.15) is 24.1 Å². The highest BCUT2D eigenvalue weighted by atomic mass is 35.5. The average molecular weight is 323 g/mol. The van der Waals surface area contributed by atoms with E-state index in [2.05, 4.69) is 0 Å². The quantitative estimate of drug-likeness (QED) is 0.604. The highest BCUT2D eigenvalue weighted by Gasteiger charge is 2.08. The molecule has 0 amide bonds. The molecule has 2 aromatic rings. The number of benzene rings is 2. The molecular weight excluding hydrogens is 314 g/mol. The zero-order valence-corrected chi connectivity index (χ0v) is 12.2. The molecule has 0 saturated heterocycles. The molecule has 2 aromatic carbocycles. The second kappa shape index (κ2) is 7.15. The first-order valence-electron chi connectivity index (χ1n) is 5.89. The molecule has 0 radical (unpaired) electrons. The fourth-order valence-corrected chi connectivity index (χ4v) is 1.91. The van der Waals surface area contributed by atoms with E-state index in [4.69, 9.17) is 32.5 Å². The summed E-state index contributed by atoms with van der Waals surface area (Å²) in [6.45, 7) is 0. The molecular formula is C14H9BCl2O4. The van der Waals surface area contributed by atoms with Crippen LogP contribution in [-0.2, 0) is 0 Å². The molecule has 21 heavy (non-hydrogen) atoms. The van der Waals surface area contributed by atoms with Crippen molar-refractivity contribution in [3.63, 3.8) is 0 Å². The molecule has 2 rings (SSSR count). The van der Waals surface area contributed by atoms with E-state index in [9.17, 15) is 9.59 Å². The summed E-state index contributed by atoms with van der Waals surface area (Å²) in [5, 5.41) is 0.717. The van der Waals surface area contributed by atoms with Gasteiger partial charge in [-0.3, -0.25) is 9.59 Å². The van der Waals surface area contributed by atoms with E-state index in [0.29, 0.717) is 45.2 Å². The van der Waals surface area contributed by atoms with Crippen LogP contribution in [0.15, 0.2) is 36.4 Å². The molecule has 0 N–H and O–H groups in total. The molecule has 0 bridgehead atoms. The maximum atomic E-state index is 10.7. The van der Waals surface area contributed by atoms with Crippen LogP contribution in [0, 0.1) is 0 Å². The number of carbonyl (C=O) groups is 2. The van der Waals surface area contributed by atoms with Gasteiger partial charge in [-0.25, -0.2) is 0 Å². The Bertz CT molecular complexity index is 619. The molecule has 0 aliphatic heterocycles. The Hall–Kier alpha value is -1.98. The van der Waals surface area contributed by atoms with Crippen molar-refractivity contribution in [3.8, 4) is 11.5 Å². The van der Waals surface area contributed by atoms with Gasteiger partial charge >= 0.3 is 7.69 Å². The lowest BCUT2D eigenvalue weighted by atomic mass is 10.2. The smallest absolute Gasteiger partial charge is 0.527 e. The van der Waals surface area contributed by atoms with Crippen molar-refractivity contribution in [1.29, 1.82) is 0 Å². The molecule has 0 aliphatic rings. The second-order valence-corrected chi connectivity index (χ2v) is 4.84. The summed E-state index contributed by atoms with van der Waals surface area (Å²) in [6, 6.07) is 9.27. The van der Waals surface area contributed by atoms with Crippen LogP contribution < -0.4 is 9.31 Å². The first-order valence-corrected chi connectivity index (χ1v) is 6.64. The number of halogens is 2. The maximum absolute atomic E-state index is 10.7. The summed E-state index contributed by atoms with van der Waals surface area (Å²) in [7, 11) is -0.163. The van der Waals surface area contributed by atoms with Crippen molar-refractivity contribution in [3.05, 3.63) is 57.6 Å². The monoisotopic (exact) mass is 322 g/mol. The molecule has 0 aliphatic carbocycles. The standard InChI is InChI=1S/C14H9BCl2O4/c16-11-3-1-9(7-18)5-13(11)20-15-21-14-6-10(8-19)2-4-12(14)17/h1-8,15H. The normalized spacial score (nSPS) is 9.81. The molecule has 0 heterocycles. The molecule has 7 heteroatoms.